The highest BCUT2D eigenvalue weighted by atomic mass is 14.9. The molecule has 0 bridgehead atoms. The van der Waals surface area contributed by atoms with Gasteiger partial charge < -0.3 is 5.32 Å². The highest BCUT2D eigenvalue weighted by molar-refractivity contribution is 5.36. The van der Waals surface area contributed by atoms with Crippen LogP contribution in [-0.4, -0.2) is 6.54 Å². The third kappa shape index (κ3) is 2.77. The molecular formula is C17H25N. The van der Waals surface area contributed by atoms with Gasteiger partial charge in [0.15, 0.2) is 0 Å². The molecule has 1 aromatic rings. The van der Waals surface area contributed by atoms with Crippen LogP contribution in [0, 0.1) is 5.92 Å². The van der Waals surface area contributed by atoms with Gasteiger partial charge in [0, 0.05) is 6.04 Å². The summed E-state index contributed by atoms with van der Waals surface area (Å²) in [5, 5.41) is 3.75. The summed E-state index contributed by atoms with van der Waals surface area (Å²) < 4.78 is 0. The van der Waals surface area contributed by atoms with Gasteiger partial charge in [-0.1, -0.05) is 38.0 Å². The summed E-state index contributed by atoms with van der Waals surface area (Å²) in [6, 6.07) is 7.84. The summed E-state index contributed by atoms with van der Waals surface area (Å²) in [6.07, 6.45) is 9.43. The van der Waals surface area contributed by atoms with Crippen LogP contribution in [0.5, 0.6) is 0 Å². The second kappa shape index (κ2) is 5.44. The standard InChI is InChI=1S/C17H25N/c1-2-10-18-17(11-13-6-7-13)16-9-8-14-4-3-5-15(14)12-16/h8-9,12-13,17-18H,2-7,10-11H2,1H3. The highest BCUT2D eigenvalue weighted by Gasteiger charge is 2.26. The molecule has 1 aromatic carbocycles. The molecule has 0 spiro atoms. The van der Waals surface area contributed by atoms with Crippen LogP contribution in [0.25, 0.3) is 0 Å². The van der Waals surface area contributed by atoms with E-state index in [-0.39, 0.29) is 0 Å². The second-order valence-corrected chi connectivity index (χ2v) is 6.07. The summed E-state index contributed by atoms with van der Waals surface area (Å²) in [5.41, 5.74) is 4.75. The number of nitrogens with one attached hydrogen (secondary N) is 1. The molecule has 1 nitrogen and oxygen atoms in total. The molecule has 1 unspecified atom stereocenters. The van der Waals surface area contributed by atoms with Gasteiger partial charge in [0.2, 0.25) is 0 Å². The van der Waals surface area contributed by atoms with Crippen molar-refractivity contribution in [1.29, 1.82) is 0 Å². The predicted molar refractivity (Wildman–Crippen MR) is 76.8 cm³/mol. The number of aryl methyl sites for hydroxylation is 2. The maximum atomic E-state index is 3.75. The Balaban J connectivity index is 1.75. The van der Waals surface area contributed by atoms with Crippen LogP contribution in [0.1, 0.15) is 61.8 Å². The third-order valence-electron chi connectivity index (χ3n) is 4.43. The maximum Gasteiger partial charge on any atom is 0.0322 e. The van der Waals surface area contributed by atoms with Crippen LogP contribution in [0.3, 0.4) is 0 Å². The van der Waals surface area contributed by atoms with Crippen molar-refractivity contribution in [2.75, 3.05) is 6.54 Å². The quantitative estimate of drug-likeness (QED) is 0.796. The van der Waals surface area contributed by atoms with Crippen molar-refractivity contribution in [2.24, 2.45) is 5.92 Å². The molecule has 2 aliphatic rings. The lowest BCUT2D eigenvalue weighted by Gasteiger charge is -2.20. The summed E-state index contributed by atoms with van der Waals surface area (Å²) in [6.45, 7) is 3.40. The van der Waals surface area contributed by atoms with Crippen LogP contribution >= 0.6 is 0 Å². The molecular weight excluding hydrogens is 218 g/mol. The number of hydrogen-bond donors (Lipinski definition) is 1. The molecule has 1 heteroatoms. The van der Waals surface area contributed by atoms with E-state index in [9.17, 15) is 0 Å². The van der Waals surface area contributed by atoms with Crippen molar-refractivity contribution in [3.05, 3.63) is 34.9 Å². The first kappa shape index (κ1) is 12.2. The summed E-state index contributed by atoms with van der Waals surface area (Å²) in [4.78, 5) is 0. The molecule has 0 aromatic heterocycles. The van der Waals surface area contributed by atoms with Crippen LogP contribution < -0.4 is 5.32 Å². The molecule has 0 aliphatic heterocycles. The Morgan fingerprint density at radius 1 is 1.22 bits per heavy atom. The molecule has 18 heavy (non-hydrogen) atoms. The molecule has 1 saturated carbocycles. The summed E-state index contributed by atoms with van der Waals surface area (Å²) >= 11 is 0. The Hall–Kier alpha value is -0.820. The van der Waals surface area contributed by atoms with E-state index in [1.54, 1.807) is 11.1 Å². The number of benzene rings is 1. The van der Waals surface area contributed by atoms with Gasteiger partial charge in [0.1, 0.15) is 0 Å². The van der Waals surface area contributed by atoms with Crippen LogP contribution in [0.4, 0.5) is 0 Å². The van der Waals surface area contributed by atoms with Gasteiger partial charge in [-0.15, -0.1) is 0 Å². The molecule has 1 fully saturated rings. The predicted octanol–water partition coefficient (Wildman–Crippen LogP) is 4.02. The van der Waals surface area contributed by atoms with E-state index in [1.165, 1.54) is 50.5 Å². The van der Waals surface area contributed by atoms with E-state index in [4.69, 9.17) is 0 Å². The first-order chi connectivity index (χ1) is 8.86. The zero-order chi connectivity index (χ0) is 12.4. The molecule has 0 radical (unpaired) electrons. The van der Waals surface area contributed by atoms with E-state index < -0.39 is 0 Å². The SMILES string of the molecule is CCCNC(CC1CC1)c1ccc2c(c1)CCC2. The average Bonchev–Trinajstić information content (AvgIpc) is 3.08. The molecule has 0 heterocycles. The fraction of sp³-hybridized carbons (Fsp3) is 0.647. The van der Waals surface area contributed by atoms with E-state index in [0.29, 0.717) is 6.04 Å². The highest BCUT2D eigenvalue weighted by Crippen LogP contribution is 2.38. The van der Waals surface area contributed by atoms with Crippen LogP contribution in [0.15, 0.2) is 18.2 Å². The van der Waals surface area contributed by atoms with Crippen molar-refractivity contribution in [1.82, 2.24) is 5.32 Å². The van der Waals surface area contributed by atoms with Gasteiger partial charge in [-0.3, -0.25) is 0 Å². The molecule has 0 amide bonds. The molecule has 2 aliphatic carbocycles. The lowest BCUT2D eigenvalue weighted by atomic mass is 9.97. The van der Waals surface area contributed by atoms with Crippen molar-refractivity contribution in [3.8, 4) is 0 Å². The third-order valence-corrected chi connectivity index (χ3v) is 4.43. The smallest absolute Gasteiger partial charge is 0.0322 e. The first-order valence-electron chi connectivity index (χ1n) is 7.72. The number of rotatable bonds is 6. The van der Waals surface area contributed by atoms with Gasteiger partial charge in [0.05, 0.1) is 0 Å². The Bertz CT molecular complexity index is 406. The van der Waals surface area contributed by atoms with Gasteiger partial charge in [-0.05, 0) is 61.3 Å². The second-order valence-electron chi connectivity index (χ2n) is 6.07. The zero-order valence-electron chi connectivity index (χ0n) is 11.5. The number of hydrogen-bond acceptors (Lipinski definition) is 1. The monoisotopic (exact) mass is 243 g/mol. The Labute approximate surface area is 111 Å². The molecule has 98 valence electrons. The van der Waals surface area contributed by atoms with Crippen molar-refractivity contribution >= 4 is 0 Å². The minimum Gasteiger partial charge on any atom is -0.310 e. The van der Waals surface area contributed by atoms with Crippen molar-refractivity contribution in [2.45, 2.75) is 57.9 Å². The van der Waals surface area contributed by atoms with E-state index in [2.05, 4.69) is 30.4 Å². The Kier molecular flexibility index (Phi) is 3.69. The minimum atomic E-state index is 0.600. The lowest BCUT2D eigenvalue weighted by Crippen LogP contribution is -2.22. The van der Waals surface area contributed by atoms with Gasteiger partial charge in [-0.2, -0.15) is 0 Å². The first-order valence-corrected chi connectivity index (χ1v) is 7.72. The van der Waals surface area contributed by atoms with Crippen molar-refractivity contribution < 1.29 is 0 Å². The minimum absolute atomic E-state index is 0.600. The van der Waals surface area contributed by atoms with E-state index >= 15 is 0 Å². The fourth-order valence-electron chi connectivity index (χ4n) is 3.15. The normalized spacial score (nSPS) is 19.8. The molecule has 1 N–H and O–H groups in total. The largest absolute Gasteiger partial charge is 0.310 e. The topological polar surface area (TPSA) is 12.0 Å². The van der Waals surface area contributed by atoms with Crippen molar-refractivity contribution in [3.63, 3.8) is 0 Å². The Morgan fingerprint density at radius 2 is 2.06 bits per heavy atom. The van der Waals surface area contributed by atoms with Gasteiger partial charge in [-0.25, -0.2) is 0 Å². The van der Waals surface area contributed by atoms with Gasteiger partial charge in [0.25, 0.3) is 0 Å². The maximum absolute atomic E-state index is 3.75. The summed E-state index contributed by atoms with van der Waals surface area (Å²) in [5.74, 6) is 0.993. The zero-order valence-corrected chi connectivity index (χ0v) is 11.5. The number of fused-ring (bicyclic) bond motifs is 1. The van der Waals surface area contributed by atoms with Crippen LogP contribution in [0.2, 0.25) is 0 Å². The van der Waals surface area contributed by atoms with Gasteiger partial charge >= 0.3 is 0 Å². The molecule has 1 atom stereocenters. The summed E-state index contributed by atoms with van der Waals surface area (Å²) in [7, 11) is 0. The fourth-order valence-corrected chi connectivity index (χ4v) is 3.15. The van der Waals surface area contributed by atoms with Crippen LogP contribution in [-0.2, 0) is 12.8 Å². The Morgan fingerprint density at radius 3 is 2.83 bits per heavy atom. The average molecular weight is 243 g/mol. The molecule has 0 saturated heterocycles. The lowest BCUT2D eigenvalue weighted by molar-refractivity contribution is 0.474. The van der Waals surface area contributed by atoms with E-state index in [0.717, 1.165) is 12.5 Å². The van der Waals surface area contributed by atoms with E-state index in [1.807, 2.05) is 0 Å². The molecule has 3 rings (SSSR count).